The van der Waals surface area contributed by atoms with Gasteiger partial charge in [0.1, 0.15) is 0 Å². The first kappa shape index (κ1) is 14.2. The Kier molecular flexibility index (Phi) is 4.76. The van der Waals surface area contributed by atoms with Crippen molar-refractivity contribution >= 4 is 0 Å². The van der Waals surface area contributed by atoms with Gasteiger partial charge in [-0.1, -0.05) is 50.6 Å². The van der Waals surface area contributed by atoms with Crippen molar-refractivity contribution in [1.82, 2.24) is 0 Å². The molecule has 0 bridgehead atoms. The van der Waals surface area contributed by atoms with E-state index in [9.17, 15) is 0 Å². The number of aryl methyl sites for hydroxylation is 1. The normalized spacial score (nSPS) is 16.9. The predicted molar refractivity (Wildman–Crippen MR) is 76.0 cm³/mol. The van der Waals surface area contributed by atoms with E-state index < -0.39 is 0 Å². The van der Waals surface area contributed by atoms with E-state index in [0.29, 0.717) is 5.92 Å². The van der Waals surface area contributed by atoms with Gasteiger partial charge in [0.25, 0.3) is 0 Å². The van der Waals surface area contributed by atoms with E-state index in [1.165, 1.54) is 17.5 Å². The quantitative estimate of drug-likeness (QED) is 0.808. The summed E-state index contributed by atoms with van der Waals surface area (Å²) in [5, 5.41) is 0. The molecule has 0 amide bonds. The van der Waals surface area contributed by atoms with Gasteiger partial charge >= 0.3 is 0 Å². The Hall–Kier alpha value is -0.820. The maximum Gasteiger partial charge on any atom is 0.0383 e. The van der Waals surface area contributed by atoms with Crippen LogP contribution in [0.3, 0.4) is 0 Å². The van der Waals surface area contributed by atoms with Crippen LogP contribution in [0.25, 0.3) is 0 Å². The number of benzene rings is 1. The lowest BCUT2D eigenvalue weighted by atomic mass is 9.81. The third-order valence-corrected chi connectivity index (χ3v) is 3.36. The third-order valence-electron chi connectivity index (χ3n) is 3.36. The molecule has 2 atom stereocenters. The molecular formula is C16H27N. The van der Waals surface area contributed by atoms with Gasteiger partial charge in [-0.15, -0.1) is 0 Å². The van der Waals surface area contributed by atoms with Crippen molar-refractivity contribution in [2.24, 2.45) is 17.6 Å². The van der Waals surface area contributed by atoms with Crippen molar-refractivity contribution in [2.75, 3.05) is 0 Å². The predicted octanol–water partition coefficient (Wildman–Crippen LogP) is 4.24. The molecule has 2 N–H and O–H groups in total. The zero-order chi connectivity index (χ0) is 13.1. The largest absolute Gasteiger partial charge is 0.322 e. The molecule has 96 valence electrons. The monoisotopic (exact) mass is 233 g/mol. The maximum absolute atomic E-state index is 6.46. The standard InChI is InChI=1S/C16H27N/c1-12(2)10-14(4)11-16(5,17)15-8-6-13(3)7-9-15/h6-9,12,14H,10-11,17H2,1-5H3. The molecule has 0 heterocycles. The highest BCUT2D eigenvalue weighted by Gasteiger charge is 2.24. The molecule has 0 aliphatic heterocycles. The van der Waals surface area contributed by atoms with Gasteiger partial charge in [-0.2, -0.15) is 0 Å². The average Bonchev–Trinajstić information content (AvgIpc) is 2.15. The van der Waals surface area contributed by atoms with Crippen LogP contribution in [-0.4, -0.2) is 0 Å². The van der Waals surface area contributed by atoms with Crippen molar-refractivity contribution in [3.63, 3.8) is 0 Å². The van der Waals surface area contributed by atoms with Gasteiger partial charge in [0, 0.05) is 5.54 Å². The molecule has 1 aromatic carbocycles. The van der Waals surface area contributed by atoms with E-state index in [1.807, 2.05) is 0 Å². The van der Waals surface area contributed by atoms with E-state index in [1.54, 1.807) is 0 Å². The molecule has 1 aromatic rings. The lowest BCUT2D eigenvalue weighted by Gasteiger charge is -2.29. The molecule has 0 aliphatic carbocycles. The van der Waals surface area contributed by atoms with Crippen molar-refractivity contribution < 1.29 is 0 Å². The van der Waals surface area contributed by atoms with Crippen LogP contribution in [0.1, 0.15) is 51.7 Å². The summed E-state index contributed by atoms with van der Waals surface area (Å²) < 4.78 is 0. The molecule has 2 unspecified atom stereocenters. The lowest BCUT2D eigenvalue weighted by Crippen LogP contribution is -2.35. The minimum Gasteiger partial charge on any atom is -0.322 e. The van der Waals surface area contributed by atoms with Crippen LogP contribution in [-0.2, 0) is 5.54 Å². The molecule has 1 nitrogen and oxygen atoms in total. The average molecular weight is 233 g/mol. The Balaban J connectivity index is 2.70. The van der Waals surface area contributed by atoms with E-state index in [0.717, 1.165) is 12.3 Å². The summed E-state index contributed by atoms with van der Waals surface area (Å²) in [6.07, 6.45) is 2.30. The van der Waals surface area contributed by atoms with E-state index in [4.69, 9.17) is 5.73 Å². The number of rotatable bonds is 5. The van der Waals surface area contributed by atoms with E-state index >= 15 is 0 Å². The second-order valence-electron chi connectivity index (χ2n) is 6.22. The van der Waals surface area contributed by atoms with Crippen LogP contribution in [0.5, 0.6) is 0 Å². The summed E-state index contributed by atoms with van der Waals surface area (Å²) in [5.74, 6) is 1.42. The Bertz CT molecular complexity index is 335. The molecule has 0 aliphatic rings. The van der Waals surface area contributed by atoms with Crippen LogP contribution >= 0.6 is 0 Å². The topological polar surface area (TPSA) is 26.0 Å². The summed E-state index contributed by atoms with van der Waals surface area (Å²) in [4.78, 5) is 0. The first-order chi connectivity index (χ1) is 7.81. The SMILES string of the molecule is Cc1ccc(C(C)(N)CC(C)CC(C)C)cc1. The number of hydrogen-bond donors (Lipinski definition) is 1. The molecule has 0 saturated carbocycles. The van der Waals surface area contributed by atoms with Crippen molar-refractivity contribution in [3.05, 3.63) is 35.4 Å². The molecule has 0 radical (unpaired) electrons. The third kappa shape index (κ3) is 4.51. The van der Waals surface area contributed by atoms with Gasteiger partial charge in [-0.25, -0.2) is 0 Å². The molecule has 0 spiro atoms. The van der Waals surface area contributed by atoms with Crippen LogP contribution in [0.2, 0.25) is 0 Å². The van der Waals surface area contributed by atoms with Crippen molar-refractivity contribution in [3.8, 4) is 0 Å². The van der Waals surface area contributed by atoms with Gasteiger partial charge < -0.3 is 5.73 Å². The van der Waals surface area contributed by atoms with Gasteiger partial charge in [0.2, 0.25) is 0 Å². The smallest absolute Gasteiger partial charge is 0.0383 e. The fourth-order valence-corrected chi connectivity index (χ4v) is 2.66. The van der Waals surface area contributed by atoms with Crippen molar-refractivity contribution in [2.45, 2.75) is 53.0 Å². The Labute approximate surface area is 106 Å². The molecule has 0 saturated heterocycles. The lowest BCUT2D eigenvalue weighted by molar-refractivity contribution is 0.320. The first-order valence-corrected chi connectivity index (χ1v) is 6.67. The zero-order valence-corrected chi connectivity index (χ0v) is 12.0. The fraction of sp³-hybridized carbons (Fsp3) is 0.625. The molecule has 17 heavy (non-hydrogen) atoms. The van der Waals surface area contributed by atoms with Gasteiger partial charge in [-0.3, -0.25) is 0 Å². The maximum atomic E-state index is 6.46. The minimum atomic E-state index is -0.206. The van der Waals surface area contributed by atoms with E-state index in [2.05, 4.69) is 58.9 Å². The summed E-state index contributed by atoms with van der Waals surface area (Å²) in [7, 11) is 0. The summed E-state index contributed by atoms with van der Waals surface area (Å²) >= 11 is 0. The molecule has 0 aromatic heterocycles. The Morgan fingerprint density at radius 3 is 2.12 bits per heavy atom. The molecule has 1 rings (SSSR count). The first-order valence-electron chi connectivity index (χ1n) is 6.67. The number of nitrogens with two attached hydrogens (primary N) is 1. The highest BCUT2D eigenvalue weighted by Crippen LogP contribution is 2.28. The summed E-state index contributed by atoms with van der Waals surface area (Å²) in [6, 6.07) is 8.62. The Morgan fingerprint density at radius 2 is 1.65 bits per heavy atom. The summed E-state index contributed by atoms with van der Waals surface area (Å²) in [5.41, 5.74) is 8.80. The van der Waals surface area contributed by atoms with Gasteiger partial charge in [-0.05, 0) is 44.1 Å². The van der Waals surface area contributed by atoms with Crippen LogP contribution in [0.4, 0.5) is 0 Å². The highest BCUT2D eigenvalue weighted by molar-refractivity contribution is 5.27. The second-order valence-corrected chi connectivity index (χ2v) is 6.22. The van der Waals surface area contributed by atoms with Crippen LogP contribution < -0.4 is 5.73 Å². The molecular weight excluding hydrogens is 206 g/mol. The number of hydrogen-bond acceptors (Lipinski definition) is 1. The van der Waals surface area contributed by atoms with Crippen LogP contribution in [0, 0.1) is 18.8 Å². The second kappa shape index (κ2) is 5.68. The minimum absolute atomic E-state index is 0.206. The molecule has 1 heteroatoms. The highest BCUT2D eigenvalue weighted by atomic mass is 14.7. The zero-order valence-electron chi connectivity index (χ0n) is 12.0. The van der Waals surface area contributed by atoms with Gasteiger partial charge in [0.05, 0.1) is 0 Å². The Morgan fingerprint density at radius 1 is 1.12 bits per heavy atom. The van der Waals surface area contributed by atoms with Crippen LogP contribution in [0.15, 0.2) is 24.3 Å². The molecule has 0 fully saturated rings. The van der Waals surface area contributed by atoms with Crippen molar-refractivity contribution in [1.29, 1.82) is 0 Å². The summed E-state index contributed by atoms with van der Waals surface area (Å²) in [6.45, 7) is 11.1. The fourth-order valence-electron chi connectivity index (χ4n) is 2.66. The van der Waals surface area contributed by atoms with Gasteiger partial charge in [0.15, 0.2) is 0 Å². The van der Waals surface area contributed by atoms with E-state index in [-0.39, 0.29) is 5.54 Å².